The lowest BCUT2D eigenvalue weighted by Gasteiger charge is -2.56. The van der Waals surface area contributed by atoms with Crippen LogP contribution in [0.4, 0.5) is 5.69 Å². The zero-order valence-electron chi connectivity index (χ0n) is 32.5. The lowest BCUT2D eigenvalue weighted by Crippen LogP contribution is -2.51. The highest BCUT2D eigenvalue weighted by atomic mass is 14.9. The van der Waals surface area contributed by atoms with Crippen molar-refractivity contribution in [2.24, 2.45) is 28.4 Å². The maximum atomic E-state index is 6.15. The highest BCUT2D eigenvalue weighted by molar-refractivity contribution is 5.56. The largest absolute Gasteiger partial charge is 0.391 e. The Morgan fingerprint density at radius 2 is 1.43 bits per heavy atom. The molecule has 0 radical (unpaired) electrons. The van der Waals surface area contributed by atoms with Crippen molar-refractivity contribution < 1.29 is 0 Å². The number of hydrogen-bond acceptors (Lipinski definition) is 3. The van der Waals surface area contributed by atoms with E-state index in [0.29, 0.717) is 17.3 Å². The van der Waals surface area contributed by atoms with E-state index in [2.05, 4.69) is 114 Å². The lowest BCUT2D eigenvalue weighted by molar-refractivity contribution is 0.0502. The van der Waals surface area contributed by atoms with Gasteiger partial charge in [-0.25, -0.2) is 0 Å². The standard InChI is InChI=1S/C24H34N2.C20H29N.C2H6/c1-6-9-21(25)17(3)26-19-12-10-18-11-13-22-23(4,7-2)14-8-15-24(22,5)20(18)16-19;1-14-7-8-16-9-10-18-19(3,15(2)21-5)11-6-12-20(18,4)17(16)13-14;1-2/h6-7,10,12,16,21-22,26H,1-3,8-9,11,13-15,25H2,4-5H3;7-8,13,18,21H,2,6,9-12H2,1,3-5H3;1-2H3/t21?,22?,23-,24?;18?,19-,20?;/m01./s1. The van der Waals surface area contributed by atoms with Crippen molar-refractivity contribution in [1.29, 1.82) is 0 Å². The summed E-state index contributed by atoms with van der Waals surface area (Å²) in [5.41, 5.74) is 17.9. The molecule has 0 amide bonds. The topological polar surface area (TPSA) is 50.1 Å². The number of aryl methyl sites for hydroxylation is 3. The van der Waals surface area contributed by atoms with Crippen LogP contribution in [0.3, 0.4) is 0 Å². The first-order valence-corrected chi connectivity index (χ1v) is 19.3. The molecule has 0 saturated heterocycles. The molecule has 4 N–H and O–H groups in total. The molecule has 2 aromatic rings. The second-order valence-electron chi connectivity index (χ2n) is 16.4. The van der Waals surface area contributed by atoms with Gasteiger partial charge in [0, 0.05) is 35.6 Å². The number of nitrogens with one attached hydrogen (secondary N) is 2. The van der Waals surface area contributed by atoms with Crippen LogP contribution in [0.25, 0.3) is 0 Å². The van der Waals surface area contributed by atoms with Gasteiger partial charge in [-0.3, -0.25) is 0 Å². The predicted octanol–water partition coefficient (Wildman–Crippen LogP) is 11.5. The third-order valence-corrected chi connectivity index (χ3v) is 13.5. The lowest BCUT2D eigenvalue weighted by atomic mass is 9.49. The average molecular weight is 664 g/mol. The molecular formula is C46H69N3. The van der Waals surface area contributed by atoms with Gasteiger partial charge in [0.25, 0.3) is 0 Å². The summed E-state index contributed by atoms with van der Waals surface area (Å²) < 4.78 is 0. The SMILES string of the molecule is C=C(NC)[C@@]1(C)CCCC2(C)c3cc(C)ccc3CCC21.C=CCC(N)C(=C)Nc1ccc2c(c1)C1(C)CCC[C@](C)(C=C)C1CC2.CC. The van der Waals surface area contributed by atoms with Crippen LogP contribution in [0, 0.1) is 29.6 Å². The van der Waals surface area contributed by atoms with Crippen molar-refractivity contribution in [2.45, 2.75) is 136 Å². The Balaban J connectivity index is 0.000000214. The number of fused-ring (bicyclic) bond motifs is 6. The quantitative estimate of drug-likeness (QED) is 0.246. The van der Waals surface area contributed by atoms with Crippen molar-refractivity contribution in [2.75, 3.05) is 12.4 Å². The van der Waals surface area contributed by atoms with Crippen LogP contribution in [0.1, 0.15) is 127 Å². The molecule has 3 heteroatoms. The first kappa shape index (κ1) is 38.8. The van der Waals surface area contributed by atoms with Crippen LogP contribution >= 0.6 is 0 Å². The smallest absolute Gasteiger partial charge is 0.0476 e. The van der Waals surface area contributed by atoms with E-state index in [1.165, 1.54) is 80.2 Å². The molecule has 2 fully saturated rings. The number of nitrogens with two attached hydrogens (primary N) is 1. The second kappa shape index (κ2) is 15.5. The second-order valence-corrected chi connectivity index (χ2v) is 16.4. The average Bonchev–Trinajstić information content (AvgIpc) is 3.09. The van der Waals surface area contributed by atoms with Gasteiger partial charge in [-0.2, -0.15) is 0 Å². The van der Waals surface area contributed by atoms with Gasteiger partial charge in [0.05, 0.1) is 0 Å². The zero-order chi connectivity index (χ0) is 36.2. The van der Waals surface area contributed by atoms with Gasteiger partial charge in [-0.1, -0.05) is 110 Å². The summed E-state index contributed by atoms with van der Waals surface area (Å²) >= 11 is 0. The number of anilines is 1. The number of allylic oxidation sites excluding steroid dienone is 2. The molecule has 0 aromatic heterocycles. The summed E-state index contributed by atoms with van der Waals surface area (Å²) in [6, 6.07) is 13.8. The van der Waals surface area contributed by atoms with Crippen molar-refractivity contribution in [3.8, 4) is 0 Å². The first-order valence-electron chi connectivity index (χ1n) is 19.3. The van der Waals surface area contributed by atoms with Crippen LogP contribution in [0.5, 0.6) is 0 Å². The summed E-state index contributed by atoms with van der Waals surface area (Å²) in [7, 11) is 2.03. The third-order valence-electron chi connectivity index (χ3n) is 13.5. The molecule has 4 aliphatic carbocycles. The highest BCUT2D eigenvalue weighted by Gasteiger charge is 2.53. The van der Waals surface area contributed by atoms with E-state index in [-0.39, 0.29) is 22.3 Å². The molecule has 0 heterocycles. The van der Waals surface area contributed by atoms with E-state index >= 15 is 0 Å². The molecule has 3 nitrogen and oxygen atoms in total. The maximum Gasteiger partial charge on any atom is 0.0476 e. The maximum absolute atomic E-state index is 6.15. The Kier molecular flexibility index (Phi) is 12.2. The summed E-state index contributed by atoms with van der Waals surface area (Å²) in [6.45, 7) is 32.5. The van der Waals surface area contributed by atoms with E-state index in [1.807, 2.05) is 27.0 Å². The molecule has 2 saturated carbocycles. The van der Waals surface area contributed by atoms with E-state index in [9.17, 15) is 0 Å². The summed E-state index contributed by atoms with van der Waals surface area (Å²) in [5, 5.41) is 6.80. The highest BCUT2D eigenvalue weighted by Crippen LogP contribution is 2.60. The molecule has 4 aliphatic rings. The Morgan fingerprint density at radius 1 is 0.857 bits per heavy atom. The molecule has 7 atom stereocenters. The van der Waals surface area contributed by atoms with Gasteiger partial charge in [-0.15, -0.1) is 13.2 Å². The van der Waals surface area contributed by atoms with Crippen molar-refractivity contribution >= 4 is 5.69 Å². The van der Waals surface area contributed by atoms with Crippen LogP contribution in [-0.4, -0.2) is 13.1 Å². The molecule has 2 aromatic carbocycles. The van der Waals surface area contributed by atoms with Gasteiger partial charge in [0.2, 0.25) is 0 Å². The van der Waals surface area contributed by atoms with E-state index in [0.717, 1.165) is 24.2 Å². The van der Waals surface area contributed by atoms with Crippen LogP contribution in [0.2, 0.25) is 0 Å². The normalized spacial score (nSPS) is 31.6. The van der Waals surface area contributed by atoms with Gasteiger partial charge >= 0.3 is 0 Å². The zero-order valence-corrected chi connectivity index (χ0v) is 32.5. The molecule has 268 valence electrons. The molecule has 5 unspecified atom stereocenters. The minimum atomic E-state index is -0.106. The minimum absolute atomic E-state index is 0.106. The van der Waals surface area contributed by atoms with Crippen LogP contribution in [-0.2, 0) is 23.7 Å². The summed E-state index contributed by atoms with van der Waals surface area (Å²) in [6.07, 6.45) is 17.4. The van der Waals surface area contributed by atoms with Gasteiger partial charge in [-0.05, 0) is 127 Å². The first-order chi connectivity index (χ1) is 23.3. The molecule has 0 spiro atoms. The van der Waals surface area contributed by atoms with Gasteiger partial charge in [0.1, 0.15) is 0 Å². The van der Waals surface area contributed by atoms with Crippen molar-refractivity contribution in [3.05, 3.63) is 114 Å². The van der Waals surface area contributed by atoms with Gasteiger partial charge < -0.3 is 16.4 Å². The third kappa shape index (κ3) is 7.25. The Bertz CT molecular complexity index is 1520. The molecule has 49 heavy (non-hydrogen) atoms. The van der Waals surface area contributed by atoms with Crippen LogP contribution < -0.4 is 16.4 Å². The summed E-state index contributed by atoms with van der Waals surface area (Å²) in [5.74, 6) is 1.36. The monoisotopic (exact) mass is 664 g/mol. The number of rotatable bonds is 8. The fraction of sp³-hybridized carbons (Fsp3) is 0.565. The Morgan fingerprint density at radius 3 is 2.04 bits per heavy atom. The van der Waals surface area contributed by atoms with E-state index in [1.54, 1.807) is 11.1 Å². The Labute approximate surface area is 301 Å². The van der Waals surface area contributed by atoms with E-state index < -0.39 is 0 Å². The molecule has 0 bridgehead atoms. The van der Waals surface area contributed by atoms with E-state index in [4.69, 9.17) is 5.73 Å². The minimum Gasteiger partial charge on any atom is -0.391 e. The number of benzene rings is 2. The fourth-order valence-electron chi connectivity index (χ4n) is 10.7. The fourth-order valence-corrected chi connectivity index (χ4v) is 10.7. The predicted molar refractivity (Wildman–Crippen MR) is 215 cm³/mol. The molecule has 6 rings (SSSR count). The molecule has 0 aliphatic heterocycles. The molecular weight excluding hydrogens is 595 g/mol. The number of hydrogen-bond donors (Lipinski definition) is 3. The summed E-state index contributed by atoms with van der Waals surface area (Å²) in [4.78, 5) is 0. The van der Waals surface area contributed by atoms with Gasteiger partial charge in [0.15, 0.2) is 0 Å². The van der Waals surface area contributed by atoms with Crippen molar-refractivity contribution in [1.82, 2.24) is 5.32 Å². The van der Waals surface area contributed by atoms with Crippen LogP contribution in [0.15, 0.2) is 86.3 Å². The Hall–Kier alpha value is -3.04. The van der Waals surface area contributed by atoms with Crippen molar-refractivity contribution in [3.63, 3.8) is 0 Å².